The number of rotatable bonds is 7. The highest BCUT2D eigenvalue weighted by atomic mass is 35.5. The first kappa shape index (κ1) is 24.3. The molecule has 1 fully saturated rings. The second-order valence-corrected chi connectivity index (χ2v) is 8.39. The van der Waals surface area contributed by atoms with E-state index in [1.54, 1.807) is 17.3 Å². The molecule has 12 heteroatoms. The van der Waals surface area contributed by atoms with E-state index in [0.717, 1.165) is 11.5 Å². The van der Waals surface area contributed by atoms with E-state index in [-0.39, 0.29) is 23.2 Å². The maximum Gasteiger partial charge on any atom is 0.275 e. The molecule has 0 saturated carbocycles. The number of pyridine rings is 1. The SMILES string of the molecule is N#CCC(CN1CCN(C(=O)c2ncc(Cl)cc2F)CC1)N=C/C(=C\N)c1ncnc2[nH]ccc12. The summed E-state index contributed by atoms with van der Waals surface area (Å²) < 4.78 is 14.1. The van der Waals surface area contributed by atoms with Gasteiger partial charge in [-0.3, -0.25) is 14.7 Å². The predicted molar refractivity (Wildman–Crippen MR) is 130 cm³/mol. The Hall–Kier alpha value is -3.88. The smallest absolute Gasteiger partial charge is 0.275 e. The number of nitrogens with one attached hydrogen (secondary N) is 1. The minimum Gasteiger partial charge on any atom is -0.404 e. The van der Waals surface area contributed by atoms with Crippen LogP contribution in [0.4, 0.5) is 4.39 Å². The van der Waals surface area contributed by atoms with E-state index >= 15 is 0 Å². The summed E-state index contributed by atoms with van der Waals surface area (Å²) in [5.41, 5.74) is 7.56. The van der Waals surface area contributed by atoms with Crippen molar-refractivity contribution in [1.29, 1.82) is 5.26 Å². The van der Waals surface area contributed by atoms with E-state index in [1.807, 2.05) is 6.07 Å². The number of nitrogens with zero attached hydrogens (tertiary/aromatic N) is 7. The maximum atomic E-state index is 14.1. The van der Waals surface area contributed by atoms with Crippen molar-refractivity contribution in [2.75, 3.05) is 32.7 Å². The molecule has 0 bridgehead atoms. The Labute approximate surface area is 205 Å². The molecular formula is C23H23ClFN9O. The summed E-state index contributed by atoms with van der Waals surface area (Å²) in [4.78, 5) is 36.3. The van der Waals surface area contributed by atoms with Crippen LogP contribution < -0.4 is 5.73 Å². The number of aromatic amines is 1. The highest BCUT2D eigenvalue weighted by Gasteiger charge is 2.26. The second-order valence-electron chi connectivity index (χ2n) is 7.96. The van der Waals surface area contributed by atoms with Crippen LogP contribution in [-0.4, -0.2) is 80.6 Å². The van der Waals surface area contributed by atoms with E-state index in [1.165, 1.54) is 18.7 Å². The standard InChI is InChI=1S/C23H23ClFN9O/c24-16-9-19(25)21(30-12-16)23(35)34-7-5-33(6-8-34)13-17(1-3-26)29-11-15(10-27)20-18-2-4-28-22(18)32-14-31-20/h2,4,9-12,14,17H,1,5-8,13,27H2,(H,28,31,32)/b15-10+,29-11?. The van der Waals surface area contributed by atoms with Crippen molar-refractivity contribution >= 4 is 40.3 Å². The number of aromatic nitrogens is 4. The van der Waals surface area contributed by atoms with E-state index in [2.05, 4.69) is 35.9 Å². The van der Waals surface area contributed by atoms with Crippen molar-refractivity contribution in [3.63, 3.8) is 0 Å². The van der Waals surface area contributed by atoms with Gasteiger partial charge in [0, 0.05) is 68.5 Å². The Morgan fingerprint density at radius 3 is 2.83 bits per heavy atom. The van der Waals surface area contributed by atoms with Gasteiger partial charge in [-0.1, -0.05) is 11.6 Å². The monoisotopic (exact) mass is 495 g/mol. The van der Waals surface area contributed by atoms with Gasteiger partial charge in [0.15, 0.2) is 11.5 Å². The van der Waals surface area contributed by atoms with Crippen molar-refractivity contribution in [2.24, 2.45) is 10.7 Å². The minimum absolute atomic E-state index is 0.137. The number of hydrogen-bond acceptors (Lipinski definition) is 8. The van der Waals surface area contributed by atoms with Crippen LogP contribution in [0.5, 0.6) is 0 Å². The molecule has 1 unspecified atom stereocenters. The lowest BCUT2D eigenvalue weighted by atomic mass is 10.1. The van der Waals surface area contributed by atoms with Gasteiger partial charge in [-0.2, -0.15) is 5.26 Å². The molecular weight excluding hydrogens is 473 g/mol. The number of nitriles is 1. The normalized spacial score (nSPS) is 16.0. The molecule has 4 heterocycles. The van der Waals surface area contributed by atoms with Gasteiger partial charge < -0.3 is 15.6 Å². The minimum atomic E-state index is -0.738. The highest BCUT2D eigenvalue weighted by Crippen LogP contribution is 2.20. The quantitative estimate of drug-likeness (QED) is 0.479. The first-order chi connectivity index (χ1) is 17.0. The molecule has 1 aliphatic rings. The number of carbonyl (C=O) groups is 1. The molecule has 1 amide bonds. The van der Waals surface area contributed by atoms with E-state index in [9.17, 15) is 14.4 Å². The number of aliphatic imine (C=N–C) groups is 1. The third kappa shape index (κ3) is 5.62. The molecule has 1 saturated heterocycles. The number of fused-ring (bicyclic) bond motifs is 1. The highest BCUT2D eigenvalue weighted by molar-refractivity contribution is 6.30. The Bertz CT molecular complexity index is 1310. The molecule has 4 rings (SSSR count). The van der Waals surface area contributed by atoms with Gasteiger partial charge in [0.25, 0.3) is 5.91 Å². The Morgan fingerprint density at radius 2 is 2.11 bits per heavy atom. The number of nitrogens with two attached hydrogens (primary N) is 1. The summed E-state index contributed by atoms with van der Waals surface area (Å²) in [5, 5.41) is 10.3. The number of carbonyl (C=O) groups excluding carboxylic acids is 1. The van der Waals surface area contributed by atoms with Crippen LogP contribution in [0.1, 0.15) is 22.6 Å². The zero-order chi connectivity index (χ0) is 24.8. The van der Waals surface area contributed by atoms with E-state index in [4.69, 9.17) is 17.3 Å². The van der Waals surface area contributed by atoms with Gasteiger partial charge in [-0.05, 0) is 12.1 Å². The Kier molecular flexibility index (Phi) is 7.64. The average molecular weight is 496 g/mol. The summed E-state index contributed by atoms with van der Waals surface area (Å²) in [6, 6.07) is 4.82. The van der Waals surface area contributed by atoms with Crippen molar-refractivity contribution < 1.29 is 9.18 Å². The molecule has 35 heavy (non-hydrogen) atoms. The number of piperazine rings is 1. The summed E-state index contributed by atoms with van der Waals surface area (Å²) in [6.07, 6.45) is 7.75. The van der Waals surface area contributed by atoms with Crippen molar-refractivity contribution in [3.05, 3.63) is 59.3 Å². The fourth-order valence-electron chi connectivity index (χ4n) is 3.89. The summed E-state index contributed by atoms with van der Waals surface area (Å²) in [7, 11) is 0. The Morgan fingerprint density at radius 1 is 1.31 bits per heavy atom. The number of hydrogen-bond donors (Lipinski definition) is 2. The van der Waals surface area contributed by atoms with Gasteiger partial charge in [-0.25, -0.2) is 19.3 Å². The lowest BCUT2D eigenvalue weighted by Crippen LogP contribution is -2.50. The van der Waals surface area contributed by atoms with E-state index < -0.39 is 11.7 Å². The zero-order valence-corrected chi connectivity index (χ0v) is 19.5. The third-order valence-corrected chi connectivity index (χ3v) is 5.90. The lowest BCUT2D eigenvalue weighted by Gasteiger charge is -2.35. The van der Waals surface area contributed by atoms with Crippen LogP contribution in [0, 0.1) is 17.1 Å². The maximum absolute atomic E-state index is 14.1. The van der Waals surface area contributed by atoms with E-state index in [0.29, 0.717) is 49.6 Å². The lowest BCUT2D eigenvalue weighted by molar-refractivity contribution is 0.0620. The predicted octanol–water partition coefficient (Wildman–Crippen LogP) is 2.26. The largest absolute Gasteiger partial charge is 0.404 e. The van der Waals surface area contributed by atoms with Gasteiger partial charge >= 0.3 is 0 Å². The Balaban J connectivity index is 1.38. The molecule has 10 nitrogen and oxygen atoms in total. The second kappa shape index (κ2) is 11.0. The molecule has 0 aliphatic carbocycles. The van der Waals surface area contributed by atoms with Crippen molar-refractivity contribution in [3.8, 4) is 6.07 Å². The van der Waals surface area contributed by atoms with Crippen molar-refractivity contribution in [1.82, 2.24) is 29.7 Å². The van der Waals surface area contributed by atoms with Gasteiger partial charge in [0.05, 0.1) is 29.2 Å². The van der Waals surface area contributed by atoms with Crippen molar-refractivity contribution in [2.45, 2.75) is 12.5 Å². The fraction of sp³-hybridized carbons (Fsp3) is 0.304. The van der Waals surface area contributed by atoms with Crippen LogP contribution in [-0.2, 0) is 0 Å². The molecule has 180 valence electrons. The van der Waals surface area contributed by atoms with Crippen LogP contribution in [0.15, 0.2) is 42.0 Å². The molecule has 0 radical (unpaired) electrons. The third-order valence-electron chi connectivity index (χ3n) is 5.70. The first-order valence-electron chi connectivity index (χ1n) is 10.9. The molecule has 3 aromatic rings. The topological polar surface area (TPSA) is 140 Å². The van der Waals surface area contributed by atoms with Gasteiger partial charge in [0.2, 0.25) is 0 Å². The van der Waals surface area contributed by atoms with Crippen LogP contribution >= 0.6 is 11.6 Å². The zero-order valence-electron chi connectivity index (χ0n) is 18.7. The molecule has 1 aliphatic heterocycles. The summed E-state index contributed by atoms with van der Waals surface area (Å²) in [6.45, 7) is 2.47. The molecule has 0 spiro atoms. The molecule has 1 atom stereocenters. The fourth-order valence-corrected chi connectivity index (χ4v) is 4.04. The number of amides is 1. The van der Waals surface area contributed by atoms with Gasteiger partial charge in [0.1, 0.15) is 12.0 Å². The summed E-state index contributed by atoms with van der Waals surface area (Å²) in [5.74, 6) is -1.21. The number of H-pyrrole nitrogens is 1. The first-order valence-corrected chi connectivity index (χ1v) is 11.3. The van der Waals surface area contributed by atoms with Gasteiger partial charge in [-0.15, -0.1) is 0 Å². The molecule has 3 N–H and O–H groups in total. The molecule has 3 aromatic heterocycles. The average Bonchev–Trinajstić information content (AvgIpc) is 3.34. The van der Waals surface area contributed by atoms with Crippen LogP contribution in [0.25, 0.3) is 16.6 Å². The summed E-state index contributed by atoms with van der Waals surface area (Å²) >= 11 is 5.72. The molecule has 0 aromatic carbocycles. The van der Waals surface area contributed by atoms with Crippen LogP contribution in [0.3, 0.4) is 0 Å². The number of allylic oxidation sites excluding steroid dienone is 1. The number of halogens is 2. The van der Waals surface area contributed by atoms with Crippen LogP contribution in [0.2, 0.25) is 5.02 Å².